The van der Waals surface area contributed by atoms with Crippen LogP contribution in [0.5, 0.6) is 0 Å². The van der Waals surface area contributed by atoms with Gasteiger partial charge in [0.15, 0.2) is 5.69 Å². The van der Waals surface area contributed by atoms with E-state index in [1.54, 1.807) is 7.11 Å². The van der Waals surface area contributed by atoms with Crippen molar-refractivity contribution in [2.24, 2.45) is 0 Å². The van der Waals surface area contributed by atoms with Gasteiger partial charge in [-0.15, -0.1) is 10.2 Å². The third kappa shape index (κ3) is 2.98. The van der Waals surface area contributed by atoms with Crippen molar-refractivity contribution in [3.63, 3.8) is 0 Å². The van der Waals surface area contributed by atoms with Crippen LogP contribution in [0, 0.1) is 11.3 Å². The lowest BCUT2D eigenvalue weighted by atomic mass is 10.1. The normalized spacial score (nSPS) is 12.1. The first-order valence-corrected chi connectivity index (χ1v) is 6.17. The van der Waals surface area contributed by atoms with Crippen LogP contribution in [-0.2, 0) is 4.74 Å². The van der Waals surface area contributed by atoms with Crippen molar-refractivity contribution in [3.8, 4) is 6.07 Å². The van der Waals surface area contributed by atoms with Crippen LogP contribution in [0.2, 0.25) is 0 Å². The molecule has 0 aliphatic carbocycles. The second kappa shape index (κ2) is 6.12. The SMILES string of the molecule is COCCC(C)Nc1c(C#N)nnc2ccccc12. The number of methoxy groups -OCH3 is 1. The average Bonchev–Trinajstić information content (AvgIpc) is 2.45. The lowest BCUT2D eigenvalue weighted by molar-refractivity contribution is 0.191. The molecule has 0 bridgehead atoms. The molecule has 19 heavy (non-hydrogen) atoms. The molecule has 2 aromatic rings. The van der Waals surface area contributed by atoms with E-state index < -0.39 is 0 Å². The molecule has 0 fully saturated rings. The topological polar surface area (TPSA) is 70.8 Å². The van der Waals surface area contributed by atoms with Gasteiger partial charge in [0.2, 0.25) is 0 Å². The van der Waals surface area contributed by atoms with Crippen molar-refractivity contribution in [1.29, 1.82) is 5.26 Å². The predicted octanol–water partition coefficient (Wildman–Crippen LogP) is 2.34. The standard InChI is InChI=1S/C14H16N4O/c1-10(7-8-19-2)16-14-11-5-3-4-6-12(11)17-18-13(14)9-15/h3-6,10H,7-8H2,1-2H3,(H,16,17). The minimum atomic E-state index is 0.194. The van der Waals surface area contributed by atoms with Crippen LogP contribution in [0.25, 0.3) is 10.9 Å². The summed E-state index contributed by atoms with van der Waals surface area (Å²) in [6, 6.07) is 9.93. The summed E-state index contributed by atoms with van der Waals surface area (Å²) in [6.07, 6.45) is 0.859. The van der Waals surface area contributed by atoms with Crippen molar-refractivity contribution in [1.82, 2.24) is 10.2 Å². The van der Waals surface area contributed by atoms with Gasteiger partial charge in [-0.25, -0.2) is 0 Å². The summed E-state index contributed by atoms with van der Waals surface area (Å²) in [5.41, 5.74) is 1.85. The molecule has 1 aromatic carbocycles. The molecule has 1 atom stereocenters. The number of hydrogen-bond acceptors (Lipinski definition) is 5. The Kier molecular flexibility index (Phi) is 4.26. The summed E-state index contributed by atoms with van der Waals surface area (Å²) >= 11 is 0. The number of hydrogen-bond donors (Lipinski definition) is 1. The van der Waals surface area contributed by atoms with E-state index in [0.717, 1.165) is 23.0 Å². The fraction of sp³-hybridized carbons (Fsp3) is 0.357. The molecule has 0 amide bonds. The zero-order valence-electron chi connectivity index (χ0n) is 11.1. The fourth-order valence-corrected chi connectivity index (χ4v) is 1.89. The number of nitriles is 1. The van der Waals surface area contributed by atoms with E-state index in [9.17, 15) is 0 Å². The Morgan fingerprint density at radius 3 is 2.89 bits per heavy atom. The maximum atomic E-state index is 9.15. The van der Waals surface area contributed by atoms with Crippen molar-refractivity contribution in [2.75, 3.05) is 19.0 Å². The number of nitrogens with zero attached hydrogens (tertiary/aromatic N) is 3. The molecular weight excluding hydrogens is 240 g/mol. The van der Waals surface area contributed by atoms with Crippen molar-refractivity contribution in [2.45, 2.75) is 19.4 Å². The van der Waals surface area contributed by atoms with Gasteiger partial charge in [0.25, 0.3) is 0 Å². The first-order valence-electron chi connectivity index (χ1n) is 6.17. The molecule has 0 radical (unpaired) electrons. The molecule has 5 heteroatoms. The van der Waals surface area contributed by atoms with E-state index in [1.165, 1.54) is 0 Å². The van der Waals surface area contributed by atoms with Crippen LogP contribution >= 0.6 is 0 Å². The van der Waals surface area contributed by atoms with Gasteiger partial charge in [-0.1, -0.05) is 18.2 Å². The van der Waals surface area contributed by atoms with Gasteiger partial charge in [0, 0.05) is 25.1 Å². The highest BCUT2D eigenvalue weighted by Gasteiger charge is 2.12. The molecule has 0 saturated heterocycles. The third-order valence-corrected chi connectivity index (χ3v) is 2.92. The molecule has 1 N–H and O–H groups in total. The van der Waals surface area contributed by atoms with E-state index in [2.05, 4.69) is 28.5 Å². The number of rotatable bonds is 5. The summed E-state index contributed by atoms with van der Waals surface area (Å²) in [7, 11) is 1.68. The molecule has 98 valence electrons. The Morgan fingerprint density at radius 2 is 2.16 bits per heavy atom. The first-order chi connectivity index (χ1) is 9.26. The zero-order chi connectivity index (χ0) is 13.7. The second-order valence-electron chi connectivity index (χ2n) is 4.38. The average molecular weight is 256 g/mol. The van der Waals surface area contributed by atoms with E-state index in [0.29, 0.717) is 12.3 Å². The van der Waals surface area contributed by atoms with Gasteiger partial charge in [0.1, 0.15) is 6.07 Å². The Hall–Kier alpha value is -2.19. The predicted molar refractivity (Wildman–Crippen MR) is 73.8 cm³/mol. The lowest BCUT2D eigenvalue weighted by Gasteiger charge is -2.16. The van der Waals surface area contributed by atoms with E-state index in [-0.39, 0.29) is 6.04 Å². The fourth-order valence-electron chi connectivity index (χ4n) is 1.89. The molecule has 1 unspecified atom stereocenters. The van der Waals surface area contributed by atoms with Crippen molar-refractivity contribution >= 4 is 16.6 Å². The van der Waals surface area contributed by atoms with Gasteiger partial charge in [-0.2, -0.15) is 5.26 Å². The van der Waals surface area contributed by atoms with Crippen molar-refractivity contribution in [3.05, 3.63) is 30.0 Å². The van der Waals surface area contributed by atoms with Crippen LogP contribution in [0.3, 0.4) is 0 Å². The smallest absolute Gasteiger partial charge is 0.186 e. The quantitative estimate of drug-likeness (QED) is 0.889. The first kappa shape index (κ1) is 13.2. The number of fused-ring (bicyclic) bond motifs is 1. The largest absolute Gasteiger partial charge is 0.385 e. The van der Waals surface area contributed by atoms with Gasteiger partial charge >= 0.3 is 0 Å². The maximum absolute atomic E-state index is 9.15. The molecule has 5 nitrogen and oxygen atoms in total. The molecule has 0 aliphatic heterocycles. The number of ether oxygens (including phenoxy) is 1. The minimum Gasteiger partial charge on any atom is -0.385 e. The highest BCUT2D eigenvalue weighted by Crippen LogP contribution is 2.24. The van der Waals surface area contributed by atoms with E-state index >= 15 is 0 Å². The minimum absolute atomic E-state index is 0.194. The summed E-state index contributed by atoms with van der Waals surface area (Å²) in [4.78, 5) is 0. The number of nitrogens with one attached hydrogen (secondary N) is 1. The molecule has 2 rings (SSSR count). The van der Waals surface area contributed by atoms with Crippen LogP contribution in [0.15, 0.2) is 24.3 Å². The highest BCUT2D eigenvalue weighted by molar-refractivity contribution is 5.92. The number of benzene rings is 1. The Labute approximate surface area is 112 Å². The van der Waals surface area contributed by atoms with Crippen LogP contribution in [-0.4, -0.2) is 30.0 Å². The third-order valence-electron chi connectivity index (χ3n) is 2.92. The lowest BCUT2D eigenvalue weighted by Crippen LogP contribution is -2.18. The number of aromatic nitrogens is 2. The highest BCUT2D eigenvalue weighted by atomic mass is 16.5. The van der Waals surface area contributed by atoms with Gasteiger partial charge in [-0.3, -0.25) is 0 Å². The Morgan fingerprint density at radius 1 is 1.37 bits per heavy atom. The summed E-state index contributed by atoms with van der Waals surface area (Å²) in [5.74, 6) is 0. The second-order valence-corrected chi connectivity index (χ2v) is 4.38. The summed E-state index contributed by atoms with van der Waals surface area (Å²) in [6.45, 7) is 2.72. The molecule has 0 aliphatic rings. The van der Waals surface area contributed by atoms with Crippen LogP contribution in [0.1, 0.15) is 19.0 Å². The van der Waals surface area contributed by atoms with Crippen molar-refractivity contribution < 1.29 is 4.74 Å². The van der Waals surface area contributed by atoms with Gasteiger partial charge in [-0.05, 0) is 19.4 Å². The van der Waals surface area contributed by atoms with E-state index in [4.69, 9.17) is 10.00 Å². The monoisotopic (exact) mass is 256 g/mol. The molecule has 1 aromatic heterocycles. The van der Waals surface area contributed by atoms with Crippen LogP contribution < -0.4 is 5.32 Å². The summed E-state index contributed by atoms with van der Waals surface area (Å²) < 4.78 is 5.06. The van der Waals surface area contributed by atoms with E-state index in [1.807, 2.05) is 24.3 Å². The molecule has 0 spiro atoms. The molecular formula is C14H16N4O. The zero-order valence-corrected chi connectivity index (χ0v) is 11.1. The summed E-state index contributed by atoms with van der Waals surface area (Å²) in [5, 5.41) is 21.4. The van der Waals surface area contributed by atoms with Gasteiger partial charge in [0.05, 0.1) is 11.2 Å². The van der Waals surface area contributed by atoms with Gasteiger partial charge < -0.3 is 10.1 Å². The molecule has 0 saturated carbocycles. The van der Waals surface area contributed by atoms with Crippen LogP contribution in [0.4, 0.5) is 5.69 Å². The maximum Gasteiger partial charge on any atom is 0.186 e. The Bertz CT molecular complexity index is 606. The Balaban J connectivity index is 2.37. The number of anilines is 1. The molecule has 1 heterocycles.